The number of benzene rings is 1. The first-order chi connectivity index (χ1) is 15.6. The summed E-state index contributed by atoms with van der Waals surface area (Å²) < 4.78 is 45.1. The molecule has 2 aliphatic heterocycles. The van der Waals surface area contributed by atoms with Crippen LogP contribution in [0.5, 0.6) is 0 Å². The number of anilines is 1. The molecule has 2 saturated heterocycles. The number of hydrogen-bond acceptors (Lipinski definition) is 4. The van der Waals surface area contributed by atoms with Gasteiger partial charge >= 0.3 is 12.1 Å². The van der Waals surface area contributed by atoms with Gasteiger partial charge in [0.15, 0.2) is 0 Å². The fraction of sp³-hybridized carbons (Fsp3) is 0.654. The number of hydrogen-bond donors (Lipinski definition) is 0. The predicted molar refractivity (Wildman–Crippen MR) is 121 cm³/mol. The Kier molecular flexibility index (Phi) is 5.74. The first kappa shape index (κ1) is 22.8. The Morgan fingerprint density at radius 3 is 2.70 bits per heavy atom. The van der Waals surface area contributed by atoms with Gasteiger partial charge in [0.25, 0.3) is 0 Å². The molecule has 33 heavy (non-hydrogen) atoms. The van der Waals surface area contributed by atoms with Crippen molar-refractivity contribution in [2.45, 2.75) is 51.3 Å². The van der Waals surface area contributed by atoms with Crippen molar-refractivity contribution >= 4 is 11.7 Å². The molecule has 7 heteroatoms. The molecule has 0 radical (unpaired) electrons. The number of alkyl halides is 3. The van der Waals surface area contributed by atoms with Crippen LogP contribution in [0.2, 0.25) is 0 Å². The van der Waals surface area contributed by atoms with Crippen molar-refractivity contribution in [2.75, 3.05) is 37.6 Å². The fourth-order valence-corrected chi connectivity index (χ4v) is 6.81. The number of halogens is 3. The van der Waals surface area contributed by atoms with Gasteiger partial charge in [-0.3, -0.25) is 9.69 Å². The molecule has 0 aromatic heterocycles. The van der Waals surface area contributed by atoms with Crippen LogP contribution in [0.25, 0.3) is 0 Å². The molecule has 0 N–H and O–H groups in total. The Hall–Kier alpha value is -2.02. The lowest BCUT2D eigenvalue weighted by Gasteiger charge is -2.50. The molecule has 0 amide bonds. The molecule has 5 atom stereocenters. The van der Waals surface area contributed by atoms with E-state index in [9.17, 15) is 18.0 Å². The minimum atomic E-state index is -4.34. The lowest BCUT2D eigenvalue weighted by Crippen LogP contribution is -2.50. The van der Waals surface area contributed by atoms with Gasteiger partial charge in [0.05, 0.1) is 11.5 Å². The zero-order valence-electron chi connectivity index (χ0n) is 19.2. The number of fused-ring (bicyclic) bond motifs is 2. The van der Waals surface area contributed by atoms with Crippen molar-refractivity contribution < 1.29 is 22.7 Å². The summed E-state index contributed by atoms with van der Waals surface area (Å²) in [5, 5.41) is 0. The number of nitrogens with zero attached hydrogens (tertiary/aromatic N) is 2. The molecule has 4 fully saturated rings. The Morgan fingerprint density at radius 1 is 1.21 bits per heavy atom. The topological polar surface area (TPSA) is 32.8 Å². The molecule has 4 aliphatic rings. The van der Waals surface area contributed by atoms with Crippen LogP contribution in [0.3, 0.4) is 0 Å². The first-order valence-corrected chi connectivity index (χ1v) is 12.2. The van der Waals surface area contributed by atoms with E-state index in [1.54, 1.807) is 6.07 Å². The molecule has 2 saturated carbocycles. The van der Waals surface area contributed by atoms with Crippen LogP contribution in [0.4, 0.5) is 18.9 Å². The maximum absolute atomic E-state index is 13.1. The van der Waals surface area contributed by atoms with E-state index in [4.69, 9.17) is 4.74 Å². The molecule has 2 heterocycles. The number of rotatable bonds is 3. The summed E-state index contributed by atoms with van der Waals surface area (Å²) in [6.45, 7) is 10.1. The summed E-state index contributed by atoms with van der Waals surface area (Å²) >= 11 is 0. The highest BCUT2D eigenvalue weighted by molar-refractivity contribution is 5.75. The van der Waals surface area contributed by atoms with Crippen LogP contribution in [0.1, 0.15) is 44.6 Å². The van der Waals surface area contributed by atoms with E-state index in [2.05, 4.69) is 18.4 Å². The van der Waals surface area contributed by atoms with E-state index in [-0.39, 0.29) is 29.3 Å². The molecular weight excluding hydrogens is 429 g/mol. The predicted octanol–water partition coefficient (Wildman–Crippen LogP) is 5.14. The van der Waals surface area contributed by atoms with Gasteiger partial charge in [-0.1, -0.05) is 25.1 Å². The molecule has 4 nitrogen and oxygen atoms in total. The van der Waals surface area contributed by atoms with Crippen molar-refractivity contribution in [3.63, 3.8) is 0 Å². The van der Waals surface area contributed by atoms with Crippen molar-refractivity contribution in [2.24, 2.45) is 23.2 Å². The average molecular weight is 463 g/mol. The third-order valence-electron chi connectivity index (χ3n) is 8.69. The van der Waals surface area contributed by atoms with E-state index in [1.807, 2.05) is 4.90 Å². The Morgan fingerprint density at radius 2 is 1.97 bits per heavy atom. The second-order valence-corrected chi connectivity index (χ2v) is 10.7. The Balaban J connectivity index is 1.21. The maximum Gasteiger partial charge on any atom is 0.416 e. The SMILES string of the molecule is C=C1CCC[C@]2(C)C[C@H]3OC(=O)[C@@H](CN4CCN(c5cccc(C(F)(F)F)c5)CC4)[C@H]3C[C@@H]12. The lowest BCUT2D eigenvalue weighted by molar-refractivity contribution is -0.146. The van der Waals surface area contributed by atoms with Crippen LogP contribution in [0.15, 0.2) is 36.4 Å². The zero-order valence-corrected chi connectivity index (χ0v) is 19.2. The van der Waals surface area contributed by atoms with Crippen LogP contribution in [-0.2, 0) is 15.7 Å². The first-order valence-electron chi connectivity index (χ1n) is 12.2. The minimum Gasteiger partial charge on any atom is -0.462 e. The van der Waals surface area contributed by atoms with Crippen LogP contribution >= 0.6 is 0 Å². The number of carbonyl (C=O) groups excluding carboxylic acids is 1. The highest BCUT2D eigenvalue weighted by atomic mass is 19.4. The maximum atomic E-state index is 13.1. The molecule has 0 spiro atoms. The Labute approximate surface area is 193 Å². The quantitative estimate of drug-likeness (QED) is 0.460. The van der Waals surface area contributed by atoms with E-state index in [1.165, 1.54) is 30.5 Å². The lowest BCUT2D eigenvalue weighted by atomic mass is 9.55. The summed E-state index contributed by atoms with van der Waals surface area (Å²) in [4.78, 5) is 17.1. The summed E-state index contributed by atoms with van der Waals surface area (Å²) in [6.07, 6.45) is 1.05. The standard InChI is InChI=1S/C26H33F3N2O2/c1-17-5-4-8-25(2)15-23-20(14-22(17)25)21(24(32)33-23)16-30-9-11-31(12-10-30)19-7-3-6-18(13-19)26(27,28)29/h3,6-7,13,20-23H,1,4-5,8-12,14-16H2,2H3/t20-,21+,22+,23-,25-/m1/s1. The Bertz CT molecular complexity index is 924. The van der Waals surface area contributed by atoms with Gasteiger partial charge in [0, 0.05) is 44.3 Å². The summed E-state index contributed by atoms with van der Waals surface area (Å²) in [6, 6.07) is 5.54. The number of piperazine rings is 1. The highest BCUT2D eigenvalue weighted by Gasteiger charge is 2.55. The second kappa shape index (κ2) is 8.33. The number of ether oxygens (including phenoxy) is 1. The second-order valence-electron chi connectivity index (χ2n) is 10.7. The van der Waals surface area contributed by atoms with Crippen molar-refractivity contribution in [1.82, 2.24) is 4.90 Å². The van der Waals surface area contributed by atoms with E-state index in [0.717, 1.165) is 38.4 Å². The smallest absolute Gasteiger partial charge is 0.416 e. The number of carbonyl (C=O) groups is 1. The van der Waals surface area contributed by atoms with Gasteiger partial charge in [0.2, 0.25) is 0 Å². The average Bonchev–Trinajstić information content (AvgIpc) is 3.06. The molecule has 0 unspecified atom stereocenters. The van der Waals surface area contributed by atoms with Crippen LogP contribution in [0, 0.1) is 23.2 Å². The van der Waals surface area contributed by atoms with Gasteiger partial charge < -0.3 is 9.64 Å². The monoisotopic (exact) mass is 462 g/mol. The normalized spacial score (nSPS) is 35.2. The third kappa shape index (κ3) is 4.29. The highest BCUT2D eigenvalue weighted by Crippen LogP contribution is 2.57. The molecule has 1 aromatic rings. The molecule has 5 rings (SSSR count). The van der Waals surface area contributed by atoms with Crippen LogP contribution < -0.4 is 4.90 Å². The minimum absolute atomic E-state index is 0.0149. The molecule has 180 valence electrons. The zero-order chi connectivity index (χ0) is 23.4. The summed E-state index contributed by atoms with van der Waals surface area (Å²) in [5.74, 6) is 0.529. The van der Waals surface area contributed by atoms with Crippen molar-refractivity contribution in [3.8, 4) is 0 Å². The van der Waals surface area contributed by atoms with Gasteiger partial charge in [-0.15, -0.1) is 0 Å². The summed E-state index contributed by atoms with van der Waals surface area (Å²) in [7, 11) is 0. The molecular formula is C26H33F3N2O2. The molecule has 1 aromatic carbocycles. The van der Waals surface area contributed by atoms with Crippen molar-refractivity contribution in [1.29, 1.82) is 0 Å². The fourth-order valence-electron chi connectivity index (χ4n) is 6.81. The number of esters is 1. The molecule has 0 bridgehead atoms. The van der Waals surface area contributed by atoms with E-state index in [0.29, 0.717) is 31.2 Å². The van der Waals surface area contributed by atoms with E-state index >= 15 is 0 Å². The summed E-state index contributed by atoms with van der Waals surface area (Å²) in [5.41, 5.74) is 1.53. The van der Waals surface area contributed by atoms with E-state index < -0.39 is 11.7 Å². The van der Waals surface area contributed by atoms with Crippen molar-refractivity contribution in [3.05, 3.63) is 42.0 Å². The van der Waals surface area contributed by atoms with Gasteiger partial charge in [-0.05, 0) is 61.6 Å². The molecule has 2 aliphatic carbocycles. The van der Waals surface area contributed by atoms with Gasteiger partial charge in [-0.2, -0.15) is 13.2 Å². The van der Waals surface area contributed by atoms with Crippen LogP contribution in [-0.4, -0.2) is 49.7 Å². The third-order valence-corrected chi connectivity index (χ3v) is 8.69. The van der Waals surface area contributed by atoms with Gasteiger partial charge in [-0.25, -0.2) is 0 Å². The van der Waals surface area contributed by atoms with Gasteiger partial charge in [0.1, 0.15) is 6.10 Å². The largest absolute Gasteiger partial charge is 0.462 e. The number of allylic oxidation sites excluding steroid dienone is 1.